The zero-order chi connectivity index (χ0) is 17.7. The van der Waals surface area contributed by atoms with Crippen LogP contribution in [0.15, 0.2) is 36.4 Å². The molecule has 0 amide bonds. The molecule has 2 rings (SSSR count). The predicted octanol–water partition coefficient (Wildman–Crippen LogP) is 3.66. The number of ether oxygens (including phenoxy) is 2. The Morgan fingerprint density at radius 3 is 2.58 bits per heavy atom. The zero-order valence-electron chi connectivity index (χ0n) is 13.0. The van der Waals surface area contributed by atoms with E-state index < -0.39 is 10.9 Å². The summed E-state index contributed by atoms with van der Waals surface area (Å²) in [6, 6.07) is 9.28. The largest absolute Gasteiger partial charge is 0.496 e. The van der Waals surface area contributed by atoms with Gasteiger partial charge >= 0.3 is 5.97 Å². The van der Waals surface area contributed by atoms with Crippen molar-refractivity contribution in [2.24, 2.45) is 0 Å². The van der Waals surface area contributed by atoms with Crippen LogP contribution in [0.2, 0.25) is 5.02 Å². The van der Waals surface area contributed by atoms with E-state index in [-0.39, 0.29) is 10.7 Å². The molecule has 24 heavy (non-hydrogen) atoms. The molecular formula is C16H15ClN2O5. The highest BCUT2D eigenvalue weighted by molar-refractivity contribution is 6.33. The molecular weight excluding hydrogens is 336 g/mol. The van der Waals surface area contributed by atoms with Gasteiger partial charge in [-0.2, -0.15) is 0 Å². The topological polar surface area (TPSA) is 90.7 Å². The van der Waals surface area contributed by atoms with Gasteiger partial charge in [0.15, 0.2) is 0 Å². The summed E-state index contributed by atoms with van der Waals surface area (Å²) < 4.78 is 9.86. The number of rotatable bonds is 6. The van der Waals surface area contributed by atoms with Gasteiger partial charge < -0.3 is 14.8 Å². The molecule has 0 unspecified atom stereocenters. The van der Waals surface area contributed by atoms with Crippen LogP contribution in [-0.2, 0) is 11.3 Å². The normalized spacial score (nSPS) is 10.1. The average molecular weight is 351 g/mol. The smallest absolute Gasteiger partial charge is 0.341 e. The van der Waals surface area contributed by atoms with Crippen molar-refractivity contribution in [2.75, 3.05) is 19.5 Å². The first-order valence-corrected chi connectivity index (χ1v) is 7.27. The van der Waals surface area contributed by atoms with Crippen LogP contribution >= 0.6 is 11.6 Å². The summed E-state index contributed by atoms with van der Waals surface area (Å²) in [4.78, 5) is 22.0. The summed E-state index contributed by atoms with van der Waals surface area (Å²) in [6.07, 6.45) is 0. The molecule has 2 aromatic carbocycles. The molecule has 0 bridgehead atoms. The van der Waals surface area contributed by atoms with E-state index in [9.17, 15) is 14.9 Å². The van der Waals surface area contributed by atoms with Gasteiger partial charge in [0.25, 0.3) is 5.69 Å². The Kier molecular flexibility index (Phi) is 5.59. The van der Waals surface area contributed by atoms with E-state index in [2.05, 4.69) is 5.32 Å². The van der Waals surface area contributed by atoms with Gasteiger partial charge in [0.1, 0.15) is 11.3 Å². The molecule has 0 spiro atoms. The molecule has 2 aromatic rings. The summed E-state index contributed by atoms with van der Waals surface area (Å²) in [5.74, 6) is -0.0824. The van der Waals surface area contributed by atoms with Crippen LogP contribution in [0.25, 0.3) is 0 Å². The van der Waals surface area contributed by atoms with Crippen LogP contribution in [0.3, 0.4) is 0 Å². The summed E-state index contributed by atoms with van der Waals surface area (Å²) in [5, 5.41) is 14.0. The van der Waals surface area contributed by atoms with Crippen LogP contribution < -0.4 is 10.1 Å². The molecule has 0 radical (unpaired) electrons. The first-order chi connectivity index (χ1) is 11.5. The van der Waals surface area contributed by atoms with E-state index in [0.29, 0.717) is 23.5 Å². The number of esters is 1. The maximum absolute atomic E-state index is 11.8. The van der Waals surface area contributed by atoms with Crippen LogP contribution in [0.4, 0.5) is 11.4 Å². The number of nitrogens with one attached hydrogen (secondary N) is 1. The van der Waals surface area contributed by atoms with Gasteiger partial charge in [0.05, 0.1) is 29.9 Å². The minimum atomic E-state index is -0.512. The third-order valence-electron chi connectivity index (χ3n) is 3.32. The molecule has 7 nitrogen and oxygen atoms in total. The number of non-ortho nitro benzene ring substituents is 1. The SMILES string of the molecule is COC(=O)c1cc(CNc2ccc([N+](=O)[O-])cc2Cl)ccc1OC. The van der Waals surface area contributed by atoms with E-state index in [1.807, 2.05) is 0 Å². The van der Waals surface area contributed by atoms with Gasteiger partial charge in [0, 0.05) is 18.7 Å². The molecule has 0 saturated carbocycles. The van der Waals surface area contributed by atoms with Crippen LogP contribution in [0.5, 0.6) is 5.75 Å². The highest BCUT2D eigenvalue weighted by Crippen LogP contribution is 2.27. The maximum Gasteiger partial charge on any atom is 0.341 e. The van der Waals surface area contributed by atoms with Gasteiger partial charge in [-0.15, -0.1) is 0 Å². The van der Waals surface area contributed by atoms with Crippen LogP contribution in [0, 0.1) is 10.1 Å². The number of anilines is 1. The molecule has 126 valence electrons. The summed E-state index contributed by atoms with van der Waals surface area (Å²) >= 11 is 6.03. The van der Waals surface area contributed by atoms with Crippen molar-refractivity contribution in [3.05, 3.63) is 62.7 Å². The lowest BCUT2D eigenvalue weighted by molar-refractivity contribution is -0.384. The molecule has 0 heterocycles. The molecule has 0 aromatic heterocycles. The minimum absolute atomic E-state index is 0.0806. The standard InChI is InChI=1S/C16H15ClN2O5/c1-23-15-6-3-10(7-12(15)16(20)24-2)9-18-14-5-4-11(19(21)22)8-13(14)17/h3-8,18H,9H2,1-2H3. The van der Waals surface area contributed by atoms with Crippen molar-refractivity contribution in [1.29, 1.82) is 0 Å². The summed E-state index contributed by atoms with van der Waals surface area (Å²) in [7, 11) is 2.76. The second-order valence-corrected chi connectivity index (χ2v) is 5.21. The Hall–Kier alpha value is -2.80. The number of hydrogen-bond donors (Lipinski definition) is 1. The second kappa shape index (κ2) is 7.65. The van der Waals surface area contributed by atoms with Crippen LogP contribution in [0.1, 0.15) is 15.9 Å². The highest BCUT2D eigenvalue weighted by atomic mass is 35.5. The molecule has 1 N–H and O–H groups in total. The maximum atomic E-state index is 11.8. The Labute approximate surface area is 143 Å². The summed E-state index contributed by atoms with van der Waals surface area (Å²) in [6.45, 7) is 0.367. The first kappa shape index (κ1) is 17.6. The third-order valence-corrected chi connectivity index (χ3v) is 3.63. The van der Waals surface area contributed by atoms with E-state index >= 15 is 0 Å². The minimum Gasteiger partial charge on any atom is -0.496 e. The second-order valence-electron chi connectivity index (χ2n) is 4.80. The van der Waals surface area contributed by atoms with Crippen molar-refractivity contribution in [2.45, 2.75) is 6.54 Å². The quantitative estimate of drug-likeness (QED) is 0.485. The van der Waals surface area contributed by atoms with Crippen molar-refractivity contribution in [1.82, 2.24) is 0 Å². The molecule has 0 aliphatic carbocycles. The van der Waals surface area contributed by atoms with Gasteiger partial charge in [-0.25, -0.2) is 4.79 Å². The highest BCUT2D eigenvalue weighted by Gasteiger charge is 2.14. The van der Waals surface area contributed by atoms with Crippen molar-refractivity contribution in [3.8, 4) is 5.75 Å². The van der Waals surface area contributed by atoms with Crippen LogP contribution in [-0.4, -0.2) is 25.1 Å². The fourth-order valence-electron chi connectivity index (χ4n) is 2.09. The van der Waals surface area contributed by atoms with E-state index in [4.69, 9.17) is 21.1 Å². The van der Waals surface area contributed by atoms with Gasteiger partial charge in [-0.1, -0.05) is 17.7 Å². The van der Waals surface area contributed by atoms with Gasteiger partial charge in [0.2, 0.25) is 0 Å². The predicted molar refractivity (Wildman–Crippen MR) is 89.8 cm³/mol. The fraction of sp³-hybridized carbons (Fsp3) is 0.188. The number of benzene rings is 2. The molecule has 0 aliphatic heterocycles. The number of nitro groups is 1. The number of nitro benzene ring substituents is 1. The van der Waals surface area contributed by atoms with E-state index in [1.165, 1.54) is 32.4 Å². The zero-order valence-corrected chi connectivity index (χ0v) is 13.8. The number of nitrogens with zero attached hydrogens (tertiary/aromatic N) is 1. The lowest BCUT2D eigenvalue weighted by Gasteiger charge is -2.11. The van der Waals surface area contributed by atoms with Crippen molar-refractivity contribution < 1.29 is 19.2 Å². The average Bonchev–Trinajstić information content (AvgIpc) is 2.59. The molecule has 8 heteroatoms. The molecule has 0 aliphatic rings. The number of hydrogen-bond acceptors (Lipinski definition) is 6. The Morgan fingerprint density at radius 1 is 1.25 bits per heavy atom. The van der Waals surface area contributed by atoms with E-state index in [1.54, 1.807) is 18.2 Å². The molecule has 0 fully saturated rings. The Morgan fingerprint density at radius 2 is 2.00 bits per heavy atom. The molecule has 0 saturated heterocycles. The van der Waals surface area contributed by atoms with Crippen molar-refractivity contribution in [3.63, 3.8) is 0 Å². The Bertz CT molecular complexity index is 779. The number of methoxy groups -OCH3 is 2. The monoisotopic (exact) mass is 350 g/mol. The lowest BCUT2D eigenvalue weighted by Crippen LogP contribution is -2.07. The fourth-order valence-corrected chi connectivity index (χ4v) is 2.33. The third kappa shape index (κ3) is 3.94. The van der Waals surface area contributed by atoms with Gasteiger partial charge in [-0.05, 0) is 23.8 Å². The molecule has 0 atom stereocenters. The summed E-state index contributed by atoms with van der Waals surface area (Å²) in [5.41, 5.74) is 1.58. The number of carbonyl (C=O) groups is 1. The van der Waals surface area contributed by atoms with E-state index in [0.717, 1.165) is 5.56 Å². The lowest BCUT2D eigenvalue weighted by atomic mass is 10.1. The van der Waals surface area contributed by atoms with Crippen molar-refractivity contribution >= 4 is 28.9 Å². The first-order valence-electron chi connectivity index (χ1n) is 6.89. The number of halogens is 1. The Balaban J connectivity index is 2.17. The van der Waals surface area contributed by atoms with Gasteiger partial charge in [-0.3, -0.25) is 10.1 Å². The number of carbonyl (C=O) groups excluding carboxylic acids is 1.